The van der Waals surface area contributed by atoms with E-state index in [0.717, 1.165) is 0 Å². The second-order valence-electron chi connectivity index (χ2n) is 1.98. The molecule has 0 atom stereocenters. The van der Waals surface area contributed by atoms with Gasteiger partial charge in [0.1, 0.15) is 0 Å². The Morgan fingerprint density at radius 2 is 1.79 bits per heavy atom. The maximum absolute atomic E-state index is 10.5. The molecular weight excluding hydrogens is 207 g/mol. The van der Waals surface area contributed by atoms with Crippen LogP contribution in [0.25, 0.3) is 0 Å². The predicted molar refractivity (Wildman–Crippen MR) is 33.9 cm³/mol. The topological polar surface area (TPSA) is 113 Å². The fourth-order valence-electron chi connectivity index (χ4n) is 0.391. The van der Waals surface area contributed by atoms with Crippen molar-refractivity contribution in [1.29, 1.82) is 0 Å². The molecule has 0 aromatic heterocycles. The van der Waals surface area contributed by atoms with Crippen LogP contribution in [0.1, 0.15) is 12.8 Å². The van der Waals surface area contributed by atoms with Crippen molar-refractivity contribution in [2.75, 3.05) is 6.61 Å². The van der Waals surface area contributed by atoms with E-state index in [1.165, 1.54) is 0 Å². The van der Waals surface area contributed by atoms with E-state index in [9.17, 15) is 19.5 Å². The van der Waals surface area contributed by atoms with Gasteiger partial charge in [0.05, 0.1) is 6.42 Å². The maximum Gasteiger partial charge on any atom is 1.00 e. The van der Waals surface area contributed by atoms with Crippen LogP contribution in [0.5, 0.6) is 0 Å². The van der Waals surface area contributed by atoms with Gasteiger partial charge in [0.25, 0.3) is 0 Å². The van der Waals surface area contributed by atoms with E-state index >= 15 is 0 Å². The summed E-state index contributed by atoms with van der Waals surface area (Å²) in [5.41, 5.74) is 0. The van der Waals surface area contributed by atoms with Crippen molar-refractivity contribution in [1.82, 2.24) is 0 Å². The van der Waals surface area contributed by atoms with Gasteiger partial charge < -0.3 is 15.0 Å². The average Bonchev–Trinajstić information content (AvgIpc) is 2.00. The first-order valence-corrected chi connectivity index (χ1v) is 3.26. The summed E-state index contributed by atoms with van der Waals surface area (Å²) in [6, 6.07) is 0. The summed E-state index contributed by atoms with van der Waals surface area (Å²) in [5.74, 6) is -3.65. The Morgan fingerprint density at radius 3 is 2.21 bits per heavy atom. The molecule has 0 aliphatic rings. The molecule has 0 aliphatic heterocycles. The van der Waals surface area contributed by atoms with Crippen LogP contribution in [0.15, 0.2) is 0 Å². The van der Waals surface area contributed by atoms with Gasteiger partial charge in [-0.2, -0.15) is 4.89 Å². The largest absolute Gasteiger partial charge is 1.00 e. The summed E-state index contributed by atoms with van der Waals surface area (Å²) in [7, 11) is 0. The fourth-order valence-corrected chi connectivity index (χ4v) is 0.391. The van der Waals surface area contributed by atoms with Crippen LogP contribution in [0.4, 0.5) is 0 Å². The van der Waals surface area contributed by atoms with Gasteiger partial charge in [-0.15, -0.1) is 0 Å². The van der Waals surface area contributed by atoms with Crippen LogP contribution in [0.3, 0.4) is 0 Å². The van der Waals surface area contributed by atoms with Crippen LogP contribution < -0.4 is 34.7 Å². The molecule has 74 valence electrons. The van der Waals surface area contributed by atoms with Gasteiger partial charge in [-0.3, -0.25) is 4.89 Å². The number of hydrogen-bond acceptors (Lipinski definition) is 6. The monoisotopic (exact) mass is 214 g/mol. The minimum absolute atomic E-state index is 0. The molecule has 1 N–H and O–H groups in total. The first kappa shape index (κ1) is 15.8. The number of carboxylic acid groups (broad SMARTS) is 2. The first-order valence-electron chi connectivity index (χ1n) is 3.26. The third kappa shape index (κ3) is 11.4. The molecule has 0 spiro atoms. The summed E-state index contributed by atoms with van der Waals surface area (Å²) in [6.45, 7) is -0.781. The third-order valence-corrected chi connectivity index (χ3v) is 0.868. The smallest absolute Gasteiger partial charge is 0.550 e. The number of aliphatic carboxylic acids is 2. The van der Waals surface area contributed by atoms with E-state index in [-0.39, 0.29) is 29.6 Å². The van der Waals surface area contributed by atoms with Crippen molar-refractivity contribution in [2.24, 2.45) is 0 Å². The predicted octanol–water partition coefficient (Wildman–Crippen LogP) is -4.92. The van der Waals surface area contributed by atoms with Gasteiger partial charge in [0, 0.05) is 5.97 Å². The second-order valence-corrected chi connectivity index (χ2v) is 1.98. The zero-order valence-electron chi connectivity index (χ0n) is 7.52. The molecule has 0 heterocycles. The van der Waals surface area contributed by atoms with Crippen LogP contribution in [-0.2, 0) is 24.2 Å². The molecular formula is C6H7NaO7. The Morgan fingerprint density at radius 1 is 1.21 bits per heavy atom. The summed E-state index contributed by atoms with van der Waals surface area (Å²) in [5, 5.41) is 17.9. The second kappa shape index (κ2) is 8.95. The Labute approximate surface area is 101 Å². The molecule has 0 bridgehead atoms. The normalized spacial score (nSPS) is 8.57. The minimum atomic E-state index is -1.39. The zero-order valence-corrected chi connectivity index (χ0v) is 9.52. The standard InChI is InChI=1S/C6H8O7.Na/c7-4(8)1-2-6(11)13-12-3-5(9)10;/h1-3H2,(H,7,8)(H,9,10);/q;+1/p-1. The summed E-state index contributed by atoms with van der Waals surface area (Å²) < 4.78 is 0. The average molecular weight is 214 g/mol. The number of rotatable bonds is 6. The molecule has 0 rings (SSSR count). The first-order chi connectivity index (χ1) is 6.02. The summed E-state index contributed by atoms with van der Waals surface area (Å²) in [6.07, 6.45) is -0.906. The van der Waals surface area contributed by atoms with Crippen LogP contribution in [0.2, 0.25) is 0 Å². The summed E-state index contributed by atoms with van der Waals surface area (Å²) >= 11 is 0. The molecule has 0 aromatic carbocycles. The minimum Gasteiger partial charge on any atom is -0.550 e. The Balaban J connectivity index is 0. The molecule has 0 fully saturated rings. The Kier molecular flexibility index (Phi) is 10.1. The van der Waals surface area contributed by atoms with Gasteiger partial charge >= 0.3 is 41.5 Å². The van der Waals surface area contributed by atoms with Crippen molar-refractivity contribution >= 4 is 17.9 Å². The van der Waals surface area contributed by atoms with Gasteiger partial charge in [-0.05, 0) is 6.42 Å². The number of carbonyl (C=O) groups excluding carboxylic acids is 2. The SMILES string of the molecule is O=C([O-])CCC(=O)OOCC(=O)O.[Na+]. The van der Waals surface area contributed by atoms with Crippen LogP contribution in [0, 0.1) is 0 Å². The van der Waals surface area contributed by atoms with Crippen molar-refractivity contribution < 1.29 is 63.9 Å². The van der Waals surface area contributed by atoms with Crippen molar-refractivity contribution in [3.63, 3.8) is 0 Å². The van der Waals surface area contributed by atoms with Gasteiger partial charge in [-0.25, -0.2) is 9.59 Å². The van der Waals surface area contributed by atoms with Crippen molar-refractivity contribution in [3.8, 4) is 0 Å². The molecule has 0 amide bonds. The van der Waals surface area contributed by atoms with Crippen molar-refractivity contribution in [3.05, 3.63) is 0 Å². The molecule has 0 unspecified atom stereocenters. The van der Waals surface area contributed by atoms with E-state index in [4.69, 9.17) is 5.11 Å². The molecule has 0 saturated heterocycles. The zero-order chi connectivity index (χ0) is 10.3. The third-order valence-electron chi connectivity index (χ3n) is 0.868. The molecule has 0 aromatic rings. The van der Waals surface area contributed by atoms with Crippen molar-refractivity contribution in [2.45, 2.75) is 12.8 Å². The van der Waals surface area contributed by atoms with E-state index in [2.05, 4.69) is 9.78 Å². The Hall–Kier alpha value is -0.630. The number of carboxylic acids is 2. The molecule has 7 nitrogen and oxygen atoms in total. The van der Waals surface area contributed by atoms with E-state index in [0.29, 0.717) is 0 Å². The number of hydrogen-bond donors (Lipinski definition) is 1. The van der Waals surface area contributed by atoms with E-state index in [1.807, 2.05) is 0 Å². The molecule has 0 radical (unpaired) electrons. The molecule has 0 aliphatic carbocycles. The van der Waals surface area contributed by atoms with Crippen LogP contribution >= 0.6 is 0 Å². The van der Waals surface area contributed by atoms with Gasteiger partial charge in [-0.1, -0.05) is 0 Å². The maximum atomic E-state index is 10.5. The molecule has 8 heteroatoms. The van der Waals surface area contributed by atoms with E-state index in [1.54, 1.807) is 0 Å². The molecule has 0 saturated carbocycles. The molecule has 14 heavy (non-hydrogen) atoms. The van der Waals surface area contributed by atoms with Gasteiger partial charge in [0.2, 0.25) is 0 Å². The quantitative estimate of drug-likeness (QED) is 0.268. The van der Waals surface area contributed by atoms with Crippen LogP contribution in [-0.4, -0.2) is 29.6 Å². The Bertz CT molecular complexity index is 214. The van der Waals surface area contributed by atoms with Gasteiger partial charge in [0.15, 0.2) is 6.61 Å². The van der Waals surface area contributed by atoms with E-state index < -0.39 is 37.4 Å². The number of carbonyl (C=O) groups is 3. The fraction of sp³-hybridized carbons (Fsp3) is 0.500. The summed E-state index contributed by atoms with van der Waals surface area (Å²) in [4.78, 5) is 38.0.